The molecule has 0 amide bonds. The van der Waals surface area contributed by atoms with Crippen LogP contribution in [0.25, 0.3) is 0 Å². The first kappa shape index (κ1) is 14.5. The molecule has 2 aromatic rings. The van der Waals surface area contributed by atoms with Crippen molar-refractivity contribution in [1.82, 2.24) is 9.97 Å². The van der Waals surface area contributed by atoms with E-state index in [0.717, 1.165) is 24.6 Å². The molecule has 1 aromatic carbocycles. The number of aromatic nitrogens is 2. The molecule has 0 radical (unpaired) electrons. The average Bonchev–Trinajstić information content (AvgIpc) is 2.62. The predicted molar refractivity (Wildman–Crippen MR) is 93.9 cm³/mol. The third-order valence-corrected chi connectivity index (χ3v) is 5.33. The molecule has 4 nitrogen and oxygen atoms in total. The van der Waals surface area contributed by atoms with E-state index in [-0.39, 0.29) is 0 Å². The molecule has 1 saturated heterocycles. The summed E-state index contributed by atoms with van der Waals surface area (Å²) in [5, 5.41) is 3.46. The summed E-state index contributed by atoms with van der Waals surface area (Å²) in [6.45, 7) is 5.43. The van der Waals surface area contributed by atoms with Gasteiger partial charge in [-0.2, -0.15) is 0 Å². The molecule has 0 spiro atoms. The molecule has 2 aliphatic heterocycles. The van der Waals surface area contributed by atoms with Crippen molar-refractivity contribution in [3.05, 3.63) is 47.8 Å². The number of anilines is 2. The lowest BCUT2D eigenvalue weighted by Crippen LogP contribution is -2.42. The Morgan fingerprint density at radius 2 is 2.04 bits per heavy atom. The van der Waals surface area contributed by atoms with Gasteiger partial charge in [-0.25, -0.2) is 9.97 Å². The first-order chi connectivity index (χ1) is 11.3. The van der Waals surface area contributed by atoms with Crippen molar-refractivity contribution >= 4 is 11.6 Å². The van der Waals surface area contributed by atoms with Gasteiger partial charge in [0.2, 0.25) is 0 Å². The fraction of sp³-hybridized carbons (Fsp3) is 0.474. The van der Waals surface area contributed by atoms with Crippen molar-refractivity contribution in [2.24, 2.45) is 0 Å². The number of fused-ring (bicyclic) bond motifs is 2. The van der Waals surface area contributed by atoms with E-state index < -0.39 is 0 Å². The van der Waals surface area contributed by atoms with Crippen LogP contribution in [-0.2, 0) is 0 Å². The summed E-state index contributed by atoms with van der Waals surface area (Å²) in [6, 6.07) is 11.9. The third-order valence-electron chi connectivity index (χ3n) is 5.33. The summed E-state index contributed by atoms with van der Waals surface area (Å²) in [5.41, 5.74) is 3.04. The van der Waals surface area contributed by atoms with Crippen molar-refractivity contribution in [2.75, 3.05) is 16.8 Å². The van der Waals surface area contributed by atoms with Crippen molar-refractivity contribution < 1.29 is 0 Å². The van der Waals surface area contributed by atoms with Crippen LogP contribution < -0.4 is 10.2 Å². The lowest BCUT2D eigenvalue weighted by atomic mass is 9.75. The van der Waals surface area contributed by atoms with Gasteiger partial charge < -0.3 is 10.2 Å². The highest BCUT2D eigenvalue weighted by atomic mass is 15.2. The van der Waals surface area contributed by atoms with Gasteiger partial charge in [0, 0.05) is 24.6 Å². The van der Waals surface area contributed by atoms with Crippen LogP contribution in [0.1, 0.15) is 56.2 Å². The number of hydrogen-bond acceptors (Lipinski definition) is 4. The maximum absolute atomic E-state index is 4.56. The number of benzene rings is 1. The molecule has 120 valence electrons. The van der Waals surface area contributed by atoms with Gasteiger partial charge in [-0.1, -0.05) is 31.2 Å². The topological polar surface area (TPSA) is 41.0 Å². The highest BCUT2D eigenvalue weighted by Gasteiger charge is 2.38. The Labute approximate surface area is 138 Å². The number of hydrogen-bond donors (Lipinski definition) is 1. The van der Waals surface area contributed by atoms with Gasteiger partial charge in [0.15, 0.2) is 0 Å². The zero-order valence-corrected chi connectivity index (χ0v) is 13.9. The predicted octanol–water partition coefficient (Wildman–Crippen LogP) is 4.13. The van der Waals surface area contributed by atoms with Gasteiger partial charge in [0.25, 0.3) is 0 Å². The van der Waals surface area contributed by atoms with Gasteiger partial charge in [-0.3, -0.25) is 0 Å². The minimum Gasteiger partial charge on any atom is -0.367 e. The molecule has 3 heterocycles. The molecule has 0 saturated carbocycles. The Morgan fingerprint density at radius 3 is 2.87 bits per heavy atom. The summed E-state index contributed by atoms with van der Waals surface area (Å²) in [7, 11) is 0. The van der Waals surface area contributed by atoms with E-state index in [1.807, 2.05) is 0 Å². The van der Waals surface area contributed by atoms with Gasteiger partial charge in [0.05, 0.1) is 6.04 Å². The second-order valence-electron chi connectivity index (χ2n) is 6.79. The fourth-order valence-electron chi connectivity index (χ4n) is 3.92. The zero-order chi connectivity index (χ0) is 15.8. The molecular weight excluding hydrogens is 284 g/mol. The highest BCUT2D eigenvalue weighted by molar-refractivity contribution is 5.54. The summed E-state index contributed by atoms with van der Waals surface area (Å²) < 4.78 is 0. The van der Waals surface area contributed by atoms with Crippen LogP contribution >= 0.6 is 0 Å². The summed E-state index contributed by atoms with van der Waals surface area (Å²) in [6.07, 6.45) is 5.29. The summed E-state index contributed by atoms with van der Waals surface area (Å²) in [4.78, 5) is 11.4. The molecule has 0 unspecified atom stereocenters. The quantitative estimate of drug-likeness (QED) is 0.922. The Morgan fingerprint density at radius 1 is 1.22 bits per heavy atom. The first-order valence-electron chi connectivity index (χ1n) is 8.70. The standard InChI is InChI=1S/C19H24N4/c1-3-13(2)22-18-10-19(21-12-20-18)23-11-14-8-9-17(23)16-7-5-4-6-15(14)16/h4-7,10,12-14,17H,3,8-9,11H2,1-2H3,(H,20,21,22)/t13-,14+,17-/m0/s1. The molecule has 1 aliphatic carbocycles. The van der Waals surface area contributed by atoms with E-state index in [2.05, 4.69) is 64.4 Å². The fourth-order valence-corrected chi connectivity index (χ4v) is 3.92. The van der Waals surface area contributed by atoms with Crippen molar-refractivity contribution in [2.45, 2.75) is 51.1 Å². The smallest absolute Gasteiger partial charge is 0.134 e. The van der Waals surface area contributed by atoms with Crippen LogP contribution in [0.4, 0.5) is 11.6 Å². The summed E-state index contributed by atoms with van der Waals surface area (Å²) in [5.74, 6) is 2.62. The van der Waals surface area contributed by atoms with Gasteiger partial charge in [0.1, 0.15) is 18.0 Å². The number of piperidine rings is 1. The van der Waals surface area contributed by atoms with Crippen LogP contribution in [0, 0.1) is 0 Å². The molecule has 1 N–H and O–H groups in total. The van der Waals surface area contributed by atoms with Crippen molar-refractivity contribution in [3.8, 4) is 0 Å². The van der Waals surface area contributed by atoms with E-state index in [1.165, 1.54) is 18.4 Å². The molecule has 3 atom stereocenters. The zero-order valence-electron chi connectivity index (χ0n) is 13.9. The maximum Gasteiger partial charge on any atom is 0.134 e. The summed E-state index contributed by atoms with van der Waals surface area (Å²) >= 11 is 0. The molecule has 2 bridgehead atoms. The Hall–Kier alpha value is -2.10. The highest BCUT2D eigenvalue weighted by Crippen LogP contribution is 2.47. The first-order valence-corrected chi connectivity index (χ1v) is 8.70. The van der Waals surface area contributed by atoms with Crippen LogP contribution in [0.3, 0.4) is 0 Å². The van der Waals surface area contributed by atoms with Crippen LogP contribution in [0.2, 0.25) is 0 Å². The molecule has 5 rings (SSSR count). The normalized spacial score (nSPS) is 23.5. The number of nitrogens with zero attached hydrogens (tertiary/aromatic N) is 3. The van der Waals surface area contributed by atoms with Crippen molar-refractivity contribution in [3.63, 3.8) is 0 Å². The van der Waals surface area contributed by atoms with Gasteiger partial charge >= 0.3 is 0 Å². The van der Waals surface area contributed by atoms with E-state index in [1.54, 1.807) is 11.9 Å². The second kappa shape index (κ2) is 5.84. The molecule has 1 fully saturated rings. The monoisotopic (exact) mass is 308 g/mol. The van der Waals surface area contributed by atoms with Gasteiger partial charge in [-0.05, 0) is 37.3 Å². The van der Waals surface area contributed by atoms with Gasteiger partial charge in [-0.15, -0.1) is 0 Å². The number of nitrogens with one attached hydrogen (secondary N) is 1. The van der Waals surface area contributed by atoms with Crippen LogP contribution in [-0.4, -0.2) is 22.6 Å². The number of rotatable bonds is 4. The lowest BCUT2D eigenvalue weighted by molar-refractivity contribution is 0.387. The van der Waals surface area contributed by atoms with E-state index in [0.29, 0.717) is 18.0 Å². The van der Waals surface area contributed by atoms with Crippen LogP contribution in [0.5, 0.6) is 0 Å². The average molecular weight is 308 g/mol. The van der Waals surface area contributed by atoms with Crippen LogP contribution in [0.15, 0.2) is 36.7 Å². The Balaban J connectivity index is 1.64. The molecule has 1 aromatic heterocycles. The molecule has 4 heteroatoms. The lowest BCUT2D eigenvalue weighted by Gasteiger charge is -2.47. The SMILES string of the molecule is CC[C@H](C)Nc1cc(N2C[C@H]3CC[C@H]2c2ccccc23)ncn1. The van der Waals surface area contributed by atoms with E-state index in [9.17, 15) is 0 Å². The van der Waals surface area contributed by atoms with E-state index >= 15 is 0 Å². The largest absolute Gasteiger partial charge is 0.367 e. The molecule has 3 aliphatic rings. The van der Waals surface area contributed by atoms with Crippen molar-refractivity contribution in [1.29, 1.82) is 0 Å². The Kier molecular flexibility index (Phi) is 3.68. The molecular formula is C19H24N4. The molecule has 23 heavy (non-hydrogen) atoms. The Bertz CT molecular complexity index is 699. The van der Waals surface area contributed by atoms with E-state index in [4.69, 9.17) is 0 Å². The minimum atomic E-state index is 0.427. The third kappa shape index (κ3) is 2.56. The minimum absolute atomic E-state index is 0.427. The maximum atomic E-state index is 4.56. The second-order valence-corrected chi connectivity index (χ2v) is 6.79.